The van der Waals surface area contributed by atoms with E-state index < -0.39 is 0 Å². The van der Waals surface area contributed by atoms with Gasteiger partial charge in [0.25, 0.3) is 0 Å². The van der Waals surface area contributed by atoms with Crippen molar-refractivity contribution in [1.29, 1.82) is 0 Å². The number of fused-ring (bicyclic) bond motifs is 1. The van der Waals surface area contributed by atoms with Crippen LogP contribution in [0.25, 0.3) is 22.0 Å². The van der Waals surface area contributed by atoms with E-state index in [1.54, 1.807) is 11.6 Å². The van der Waals surface area contributed by atoms with Gasteiger partial charge in [-0.25, -0.2) is 4.79 Å². The molecule has 0 aliphatic rings. The van der Waals surface area contributed by atoms with Crippen LogP contribution in [0, 0.1) is 20.8 Å². The lowest BCUT2D eigenvalue weighted by atomic mass is 9.98. The third-order valence-electron chi connectivity index (χ3n) is 6.50. The molecule has 2 N–H and O–H groups in total. The highest BCUT2D eigenvalue weighted by atomic mass is 35.5. The number of aromatic nitrogens is 3. The minimum atomic E-state index is -0.384. The van der Waals surface area contributed by atoms with Crippen molar-refractivity contribution in [2.24, 2.45) is 7.05 Å². The van der Waals surface area contributed by atoms with Crippen molar-refractivity contribution in [2.75, 3.05) is 13.2 Å². The van der Waals surface area contributed by atoms with Gasteiger partial charge in [0.1, 0.15) is 11.4 Å². The minimum Gasteiger partial charge on any atom is -0.494 e. The van der Waals surface area contributed by atoms with Gasteiger partial charge in [0, 0.05) is 34.3 Å². The van der Waals surface area contributed by atoms with Gasteiger partial charge < -0.3 is 19.6 Å². The van der Waals surface area contributed by atoms with Crippen LogP contribution in [0.3, 0.4) is 0 Å². The first kappa shape index (κ1) is 25.8. The summed E-state index contributed by atoms with van der Waals surface area (Å²) in [6, 6.07) is 9.82. The van der Waals surface area contributed by atoms with Gasteiger partial charge in [-0.15, -0.1) is 0 Å². The second-order valence-electron chi connectivity index (χ2n) is 8.94. The van der Waals surface area contributed by atoms with E-state index in [9.17, 15) is 9.90 Å². The van der Waals surface area contributed by atoms with Crippen molar-refractivity contribution < 1.29 is 19.4 Å². The Kier molecular flexibility index (Phi) is 7.71. The van der Waals surface area contributed by atoms with E-state index in [1.165, 1.54) is 0 Å². The minimum absolute atomic E-state index is 0.174. The van der Waals surface area contributed by atoms with Gasteiger partial charge in [0.15, 0.2) is 0 Å². The van der Waals surface area contributed by atoms with Gasteiger partial charge in [-0.1, -0.05) is 29.8 Å². The summed E-state index contributed by atoms with van der Waals surface area (Å²) in [5.41, 5.74) is 7.41. The standard InChI is InChI=1S/C28H32ClN3O4/c1-6-35-28(34)27-21(11-8-12-36-19-13-16(2)25(29)17(3)14-19)20-9-7-10-22(26(20)30-27)24-18(4)32(5)31-23(24)15-33/h7,9-10,13-14,30,33H,6,8,11-12,15H2,1-5H3. The molecule has 190 valence electrons. The second kappa shape index (κ2) is 10.8. The number of esters is 1. The fourth-order valence-corrected chi connectivity index (χ4v) is 4.79. The van der Waals surface area contributed by atoms with Crippen molar-refractivity contribution in [3.8, 4) is 16.9 Å². The molecule has 2 aromatic carbocycles. The topological polar surface area (TPSA) is 89.4 Å². The zero-order chi connectivity index (χ0) is 26.0. The first-order valence-electron chi connectivity index (χ1n) is 12.1. The number of carbonyl (C=O) groups is 1. The molecule has 7 nitrogen and oxygen atoms in total. The van der Waals surface area contributed by atoms with Gasteiger partial charge in [-0.3, -0.25) is 4.68 Å². The Balaban J connectivity index is 1.67. The monoisotopic (exact) mass is 509 g/mol. The predicted octanol–water partition coefficient (Wildman–Crippen LogP) is 5.83. The normalized spacial score (nSPS) is 11.3. The molecule has 2 heterocycles. The van der Waals surface area contributed by atoms with Gasteiger partial charge in [-0.05, 0) is 69.4 Å². The molecular formula is C28H32ClN3O4. The number of aliphatic hydroxyl groups excluding tert-OH is 1. The number of aromatic amines is 1. The van der Waals surface area contributed by atoms with Crippen LogP contribution < -0.4 is 4.74 Å². The maximum Gasteiger partial charge on any atom is 0.355 e. The fourth-order valence-electron chi connectivity index (χ4n) is 4.69. The summed E-state index contributed by atoms with van der Waals surface area (Å²) in [5.74, 6) is 0.398. The largest absolute Gasteiger partial charge is 0.494 e. The SMILES string of the molecule is CCOC(=O)c1[nH]c2c(-c3c(CO)nn(C)c3C)cccc2c1CCCOc1cc(C)c(Cl)c(C)c1. The highest BCUT2D eigenvalue weighted by molar-refractivity contribution is 6.32. The summed E-state index contributed by atoms with van der Waals surface area (Å²) < 4.78 is 13.1. The molecule has 0 aliphatic carbocycles. The number of aryl methyl sites for hydroxylation is 4. The maximum atomic E-state index is 12.9. The number of nitrogens with zero attached hydrogens (tertiary/aromatic N) is 2. The molecule has 0 radical (unpaired) electrons. The van der Waals surface area contributed by atoms with Crippen LogP contribution in [0.4, 0.5) is 0 Å². The summed E-state index contributed by atoms with van der Waals surface area (Å²) in [6.07, 6.45) is 1.33. The number of aliphatic hydroxyl groups is 1. The Morgan fingerprint density at radius 1 is 1.19 bits per heavy atom. The fraction of sp³-hybridized carbons (Fsp3) is 0.357. The summed E-state index contributed by atoms with van der Waals surface area (Å²) in [6.45, 7) is 8.29. The molecule has 0 saturated carbocycles. The molecule has 2 aromatic heterocycles. The molecule has 4 aromatic rings. The van der Waals surface area contributed by atoms with Gasteiger partial charge in [0.2, 0.25) is 0 Å². The van der Waals surface area contributed by atoms with E-state index in [0.717, 1.165) is 55.2 Å². The summed E-state index contributed by atoms with van der Waals surface area (Å²) >= 11 is 6.27. The number of benzene rings is 2. The van der Waals surface area contributed by atoms with Gasteiger partial charge in [-0.2, -0.15) is 5.10 Å². The van der Waals surface area contributed by atoms with Crippen LogP contribution >= 0.6 is 11.6 Å². The molecule has 0 saturated heterocycles. The lowest BCUT2D eigenvalue weighted by molar-refractivity contribution is 0.0519. The predicted molar refractivity (Wildman–Crippen MR) is 142 cm³/mol. The second-order valence-corrected chi connectivity index (χ2v) is 9.32. The van der Waals surface area contributed by atoms with Crippen molar-refractivity contribution in [2.45, 2.75) is 47.1 Å². The Morgan fingerprint density at radius 2 is 1.92 bits per heavy atom. The summed E-state index contributed by atoms with van der Waals surface area (Å²) in [4.78, 5) is 16.2. The van der Waals surface area contributed by atoms with E-state index >= 15 is 0 Å². The molecule has 36 heavy (non-hydrogen) atoms. The van der Waals surface area contributed by atoms with Crippen LogP contribution in [-0.2, 0) is 24.8 Å². The van der Waals surface area contributed by atoms with E-state index in [4.69, 9.17) is 21.1 Å². The zero-order valence-electron chi connectivity index (χ0n) is 21.4. The highest BCUT2D eigenvalue weighted by Crippen LogP contribution is 2.36. The van der Waals surface area contributed by atoms with E-state index in [-0.39, 0.29) is 19.2 Å². The number of rotatable bonds is 9. The van der Waals surface area contributed by atoms with Crippen molar-refractivity contribution in [3.63, 3.8) is 0 Å². The lowest BCUT2D eigenvalue weighted by Crippen LogP contribution is -2.09. The van der Waals surface area contributed by atoms with E-state index in [1.807, 2.05) is 58.2 Å². The average molecular weight is 510 g/mol. The van der Waals surface area contributed by atoms with Crippen LogP contribution in [0.2, 0.25) is 5.02 Å². The average Bonchev–Trinajstić information content (AvgIpc) is 3.37. The molecule has 8 heteroatoms. The summed E-state index contributed by atoms with van der Waals surface area (Å²) in [7, 11) is 1.85. The maximum absolute atomic E-state index is 12.9. The Morgan fingerprint density at radius 3 is 2.58 bits per heavy atom. The van der Waals surface area contributed by atoms with Crippen molar-refractivity contribution >= 4 is 28.5 Å². The molecule has 0 spiro atoms. The molecule has 0 fully saturated rings. The Labute approximate surface area is 216 Å². The quantitative estimate of drug-likeness (QED) is 0.219. The first-order chi connectivity index (χ1) is 17.3. The van der Waals surface area contributed by atoms with Crippen LogP contribution in [0.1, 0.15) is 51.9 Å². The number of carbonyl (C=O) groups excluding carboxylic acids is 1. The molecule has 0 bridgehead atoms. The van der Waals surface area contributed by atoms with Crippen LogP contribution in [0.15, 0.2) is 30.3 Å². The number of halogens is 1. The molecule has 0 atom stereocenters. The number of hydrogen-bond donors (Lipinski definition) is 2. The molecule has 0 aliphatic heterocycles. The Bertz CT molecular complexity index is 1400. The smallest absolute Gasteiger partial charge is 0.355 e. The third-order valence-corrected chi connectivity index (χ3v) is 7.09. The number of H-pyrrole nitrogens is 1. The molecule has 4 rings (SSSR count). The van der Waals surface area contributed by atoms with Gasteiger partial charge in [0.05, 0.1) is 31.0 Å². The molecular weight excluding hydrogens is 478 g/mol. The number of nitrogens with one attached hydrogen (secondary N) is 1. The number of hydrogen-bond acceptors (Lipinski definition) is 5. The van der Waals surface area contributed by atoms with Crippen molar-refractivity contribution in [3.05, 3.63) is 69.1 Å². The van der Waals surface area contributed by atoms with Gasteiger partial charge >= 0.3 is 5.97 Å². The highest BCUT2D eigenvalue weighted by Gasteiger charge is 2.23. The molecule has 0 amide bonds. The number of ether oxygens (including phenoxy) is 2. The third kappa shape index (κ3) is 4.86. The van der Waals surface area contributed by atoms with Crippen LogP contribution in [0.5, 0.6) is 5.75 Å². The first-order valence-corrected chi connectivity index (χ1v) is 12.5. The zero-order valence-corrected chi connectivity index (χ0v) is 22.1. The molecule has 0 unspecified atom stereocenters. The lowest BCUT2D eigenvalue weighted by Gasteiger charge is -2.10. The number of para-hydroxylation sites is 1. The van der Waals surface area contributed by atoms with E-state index in [0.29, 0.717) is 30.8 Å². The van der Waals surface area contributed by atoms with Crippen molar-refractivity contribution in [1.82, 2.24) is 14.8 Å². The van der Waals surface area contributed by atoms with Crippen LogP contribution in [-0.4, -0.2) is 39.1 Å². The summed E-state index contributed by atoms with van der Waals surface area (Å²) in [5, 5.41) is 16.1. The van der Waals surface area contributed by atoms with E-state index in [2.05, 4.69) is 10.1 Å². The Hall–Kier alpha value is -3.29.